The number of amides is 1. The third kappa shape index (κ3) is 6.65. The lowest BCUT2D eigenvalue weighted by molar-refractivity contribution is -0.138. The Morgan fingerprint density at radius 2 is 2.00 bits per heavy atom. The summed E-state index contributed by atoms with van der Waals surface area (Å²) in [5, 5.41) is 12.4. The number of likely N-dealkylation sites (tertiary alicyclic amines) is 1. The van der Waals surface area contributed by atoms with Crippen LogP contribution in [0.4, 0.5) is 0 Å². The topological polar surface area (TPSA) is 72.9 Å². The van der Waals surface area contributed by atoms with Crippen molar-refractivity contribution in [1.82, 2.24) is 15.1 Å². The first-order chi connectivity index (χ1) is 12.0. The largest absolute Gasteiger partial charge is 0.480 e. The Labute approximate surface area is 153 Å². The number of piperidine rings is 1. The predicted octanol–water partition coefficient (Wildman–Crippen LogP) is 1.83. The lowest BCUT2D eigenvalue weighted by Gasteiger charge is -2.36. The number of carboxylic acids is 1. The Morgan fingerprint density at radius 1 is 1.32 bits per heavy atom. The smallest absolute Gasteiger partial charge is 0.317 e. The molecule has 1 amide bonds. The van der Waals surface area contributed by atoms with Gasteiger partial charge in [0.25, 0.3) is 0 Å². The predicted molar refractivity (Wildman–Crippen MR) is 97.6 cm³/mol. The number of rotatable bonds is 8. The van der Waals surface area contributed by atoms with E-state index in [2.05, 4.69) is 10.2 Å². The van der Waals surface area contributed by atoms with Crippen LogP contribution in [0.3, 0.4) is 0 Å². The van der Waals surface area contributed by atoms with Crippen molar-refractivity contribution in [3.05, 3.63) is 34.9 Å². The summed E-state index contributed by atoms with van der Waals surface area (Å²) >= 11 is 6.08. The Bertz CT molecular complexity index is 589. The number of hydrogen-bond donors (Lipinski definition) is 2. The summed E-state index contributed by atoms with van der Waals surface area (Å²) in [7, 11) is 1.86. The van der Waals surface area contributed by atoms with Gasteiger partial charge in [0.2, 0.25) is 5.91 Å². The van der Waals surface area contributed by atoms with E-state index in [9.17, 15) is 9.59 Å². The van der Waals surface area contributed by atoms with Crippen LogP contribution in [0, 0.1) is 0 Å². The highest BCUT2D eigenvalue weighted by molar-refractivity contribution is 6.31. The van der Waals surface area contributed by atoms with Gasteiger partial charge in [-0.1, -0.05) is 29.8 Å². The first-order valence-electron chi connectivity index (χ1n) is 8.60. The van der Waals surface area contributed by atoms with Gasteiger partial charge in [-0.05, 0) is 44.6 Å². The van der Waals surface area contributed by atoms with E-state index in [1.54, 1.807) is 0 Å². The maximum absolute atomic E-state index is 12.0. The number of halogens is 1. The van der Waals surface area contributed by atoms with E-state index in [4.69, 9.17) is 16.7 Å². The molecule has 1 aromatic rings. The van der Waals surface area contributed by atoms with Gasteiger partial charge in [0.1, 0.15) is 0 Å². The standard InChI is InChI=1S/C18H26ClN3O3/c1-21(13-18(24)25)15-6-9-22(10-7-15)11-8-17(23)20-12-14-4-2-3-5-16(14)19/h2-5,15H,6-13H2,1H3,(H,20,23)(H,24,25). The average molecular weight is 368 g/mol. The summed E-state index contributed by atoms with van der Waals surface area (Å²) in [4.78, 5) is 26.9. The molecule has 6 nitrogen and oxygen atoms in total. The second-order valence-corrected chi connectivity index (χ2v) is 6.91. The van der Waals surface area contributed by atoms with Crippen molar-refractivity contribution in [3.8, 4) is 0 Å². The Balaban J connectivity index is 1.64. The fourth-order valence-corrected chi connectivity index (χ4v) is 3.31. The van der Waals surface area contributed by atoms with Crippen molar-refractivity contribution in [2.75, 3.05) is 33.2 Å². The molecule has 1 fully saturated rings. The summed E-state index contributed by atoms with van der Waals surface area (Å²) < 4.78 is 0. The van der Waals surface area contributed by atoms with Crippen molar-refractivity contribution in [1.29, 1.82) is 0 Å². The second-order valence-electron chi connectivity index (χ2n) is 6.50. The average Bonchev–Trinajstić information content (AvgIpc) is 2.59. The molecular formula is C18H26ClN3O3. The van der Waals surface area contributed by atoms with E-state index < -0.39 is 5.97 Å². The van der Waals surface area contributed by atoms with E-state index in [-0.39, 0.29) is 12.5 Å². The normalized spacial score (nSPS) is 16.1. The molecule has 0 radical (unpaired) electrons. The number of carbonyl (C=O) groups is 2. The summed E-state index contributed by atoms with van der Waals surface area (Å²) in [5.41, 5.74) is 0.916. The summed E-state index contributed by atoms with van der Waals surface area (Å²) in [6.45, 7) is 3.04. The van der Waals surface area contributed by atoms with Crippen LogP contribution in [-0.2, 0) is 16.1 Å². The molecule has 0 aliphatic carbocycles. The Hall–Kier alpha value is -1.63. The molecule has 0 saturated carbocycles. The van der Waals surface area contributed by atoms with Crippen molar-refractivity contribution in [2.45, 2.75) is 31.8 Å². The lowest BCUT2D eigenvalue weighted by Crippen LogP contribution is -2.45. The third-order valence-corrected chi connectivity index (χ3v) is 5.02. The first kappa shape index (κ1) is 19.7. The molecule has 7 heteroatoms. The van der Waals surface area contributed by atoms with Gasteiger partial charge in [-0.15, -0.1) is 0 Å². The highest BCUT2D eigenvalue weighted by atomic mass is 35.5. The van der Waals surface area contributed by atoms with E-state index in [1.165, 1.54) is 0 Å². The maximum atomic E-state index is 12.0. The van der Waals surface area contributed by atoms with E-state index in [0.29, 0.717) is 24.0 Å². The zero-order valence-electron chi connectivity index (χ0n) is 14.6. The van der Waals surface area contributed by atoms with Crippen LogP contribution >= 0.6 is 11.6 Å². The Morgan fingerprint density at radius 3 is 2.64 bits per heavy atom. The van der Waals surface area contributed by atoms with Gasteiger partial charge in [-0.2, -0.15) is 0 Å². The molecule has 138 valence electrons. The molecule has 1 saturated heterocycles. The van der Waals surface area contributed by atoms with Gasteiger partial charge in [0, 0.05) is 30.6 Å². The van der Waals surface area contributed by atoms with Gasteiger partial charge < -0.3 is 15.3 Å². The van der Waals surface area contributed by atoms with Gasteiger partial charge in [-0.3, -0.25) is 14.5 Å². The molecule has 2 rings (SSSR count). The van der Waals surface area contributed by atoms with E-state index in [0.717, 1.165) is 38.0 Å². The molecule has 1 aliphatic rings. The van der Waals surface area contributed by atoms with Crippen LogP contribution in [0.15, 0.2) is 24.3 Å². The minimum atomic E-state index is -0.792. The highest BCUT2D eigenvalue weighted by Gasteiger charge is 2.23. The molecule has 1 heterocycles. The van der Waals surface area contributed by atoms with Gasteiger partial charge in [0.15, 0.2) is 0 Å². The fourth-order valence-electron chi connectivity index (χ4n) is 3.11. The lowest BCUT2D eigenvalue weighted by atomic mass is 10.0. The van der Waals surface area contributed by atoms with Crippen molar-refractivity contribution >= 4 is 23.5 Å². The number of carboxylic acid groups (broad SMARTS) is 1. The van der Waals surface area contributed by atoms with Crippen LogP contribution in [0.2, 0.25) is 5.02 Å². The van der Waals surface area contributed by atoms with Crippen molar-refractivity contribution in [2.24, 2.45) is 0 Å². The van der Waals surface area contributed by atoms with Crippen LogP contribution in [0.5, 0.6) is 0 Å². The quantitative estimate of drug-likeness (QED) is 0.733. The summed E-state index contributed by atoms with van der Waals surface area (Å²) in [5.74, 6) is -0.773. The molecule has 0 spiro atoms. The molecule has 2 N–H and O–H groups in total. The zero-order valence-corrected chi connectivity index (χ0v) is 15.3. The Kier molecular flexibility index (Phi) is 7.68. The van der Waals surface area contributed by atoms with Crippen LogP contribution in [-0.4, -0.2) is 66.1 Å². The number of carbonyl (C=O) groups excluding carboxylic acids is 1. The zero-order chi connectivity index (χ0) is 18.2. The minimum absolute atomic E-state index is 0.0186. The number of hydrogen-bond acceptors (Lipinski definition) is 4. The molecule has 1 aliphatic heterocycles. The molecular weight excluding hydrogens is 342 g/mol. The molecule has 25 heavy (non-hydrogen) atoms. The van der Waals surface area contributed by atoms with Gasteiger partial charge in [-0.25, -0.2) is 0 Å². The van der Waals surface area contributed by atoms with E-state index in [1.807, 2.05) is 36.2 Å². The molecule has 0 aromatic heterocycles. The van der Waals surface area contributed by atoms with E-state index >= 15 is 0 Å². The highest BCUT2D eigenvalue weighted by Crippen LogP contribution is 2.16. The first-order valence-corrected chi connectivity index (χ1v) is 8.98. The second kappa shape index (κ2) is 9.75. The molecule has 1 aromatic carbocycles. The minimum Gasteiger partial charge on any atom is -0.480 e. The molecule has 0 unspecified atom stereocenters. The summed E-state index contributed by atoms with van der Waals surface area (Å²) in [6, 6.07) is 7.79. The fraction of sp³-hybridized carbons (Fsp3) is 0.556. The van der Waals surface area contributed by atoms with Gasteiger partial charge >= 0.3 is 5.97 Å². The summed E-state index contributed by atoms with van der Waals surface area (Å²) in [6.07, 6.45) is 2.33. The van der Waals surface area contributed by atoms with Crippen molar-refractivity contribution in [3.63, 3.8) is 0 Å². The molecule has 0 atom stereocenters. The van der Waals surface area contributed by atoms with Crippen LogP contribution < -0.4 is 5.32 Å². The van der Waals surface area contributed by atoms with Crippen molar-refractivity contribution < 1.29 is 14.7 Å². The number of benzene rings is 1. The van der Waals surface area contributed by atoms with Crippen LogP contribution in [0.1, 0.15) is 24.8 Å². The van der Waals surface area contributed by atoms with Gasteiger partial charge in [0.05, 0.1) is 6.54 Å². The monoisotopic (exact) mass is 367 g/mol. The molecule has 0 bridgehead atoms. The number of aliphatic carboxylic acids is 1. The maximum Gasteiger partial charge on any atom is 0.317 e. The SMILES string of the molecule is CN(CC(=O)O)C1CCN(CCC(=O)NCc2ccccc2Cl)CC1. The number of nitrogens with zero attached hydrogens (tertiary/aromatic N) is 2. The number of nitrogens with one attached hydrogen (secondary N) is 1. The van der Waals surface area contributed by atoms with Crippen LogP contribution in [0.25, 0.3) is 0 Å². The number of likely N-dealkylation sites (N-methyl/N-ethyl adjacent to an activating group) is 1. The third-order valence-electron chi connectivity index (χ3n) is 4.65.